The summed E-state index contributed by atoms with van der Waals surface area (Å²) in [5, 5.41) is 0.724. The lowest BCUT2D eigenvalue weighted by molar-refractivity contribution is -0.0798. The smallest absolute Gasteiger partial charge is 0.258 e. The number of nitrogens with zero attached hydrogens (tertiary/aromatic N) is 3. The van der Waals surface area contributed by atoms with Crippen LogP contribution in [0.5, 0.6) is 0 Å². The fourth-order valence-corrected chi connectivity index (χ4v) is 4.56. The zero-order chi connectivity index (χ0) is 17.0. The molecule has 1 atom stereocenters. The summed E-state index contributed by atoms with van der Waals surface area (Å²) in [6.45, 7) is 8.07. The summed E-state index contributed by atoms with van der Waals surface area (Å²) < 4.78 is 5.33. The average Bonchev–Trinajstić information content (AvgIpc) is 2.95. The van der Waals surface area contributed by atoms with E-state index in [1.807, 2.05) is 6.92 Å². The predicted octanol–water partition coefficient (Wildman–Crippen LogP) is 1.24. The number of rotatable bonds is 2. The lowest BCUT2D eigenvalue weighted by atomic mass is 10.0. The monoisotopic (exact) mass is 340 g/mol. The van der Waals surface area contributed by atoms with E-state index in [-0.39, 0.29) is 5.56 Å². The van der Waals surface area contributed by atoms with Crippen LogP contribution in [0, 0.1) is 6.92 Å². The molecule has 0 saturated carbocycles. The van der Waals surface area contributed by atoms with Crippen LogP contribution in [0.1, 0.15) is 29.4 Å². The van der Waals surface area contributed by atoms with Crippen LogP contribution < -0.4 is 5.56 Å². The third-order valence-corrected chi connectivity index (χ3v) is 6.06. The Morgan fingerprint density at radius 1 is 1.16 bits per heavy atom. The molecule has 1 aliphatic carbocycles. The van der Waals surface area contributed by atoms with Crippen molar-refractivity contribution >= 4 is 10.9 Å². The maximum Gasteiger partial charge on any atom is 0.258 e. The summed E-state index contributed by atoms with van der Waals surface area (Å²) in [4.78, 5) is 24.8. The minimum atomic E-state index is -0.0225. The molecule has 25 heavy (non-hydrogen) atoms. The van der Waals surface area contributed by atoms with Gasteiger partial charge < -0.3 is 9.72 Å². The SMILES string of the molecule is Cc1nc2cc3c(cc2c(=O)[nH]1)C(N1CCN(C2COC2)CC1)CC3. The van der Waals surface area contributed by atoms with Gasteiger partial charge in [-0.25, -0.2) is 4.98 Å². The first-order valence-electron chi connectivity index (χ1n) is 9.28. The fourth-order valence-electron chi connectivity index (χ4n) is 4.56. The average molecular weight is 340 g/mol. The largest absolute Gasteiger partial charge is 0.378 e. The van der Waals surface area contributed by atoms with Crippen molar-refractivity contribution in [2.75, 3.05) is 39.4 Å². The van der Waals surface area contributed by atoms with Crippen LogP contribution in [-0.4, -0.2) is 65.2 Å². The van der Waals surface area contributed by atoms with Crippen molar-refractivity contribution in [3.05, 3.63) is 39.4 Å². The highest BCUT2D eigenvalue weighted by molar-refractivity contribution is 5.80. The number of piperazine rings is 1. The van der Waals surface area contributed by atoms with Crippen LogP contribution in [0.2, 0.25) is 0 Å². The Hall–Kier alpha value is -1.76. The Morgan fingerprint density at radius 2 is 1.92 bits per heavy atom. The predicted molar refractivity (Wildman–Crippen MR) is 95.9 cm³/mol. The second kappa shape index (κ2) is 5.90. The lowest BCUT2D eigenvalue weighted by Gasteiger charge is -2.44. The van der Waals surface area contributed by atoms with Crippen LogP contribution in [0.15, 0.2) is 16.9 Å². The number of benzene rings is 1. The third kappa shape index (κ3) is 2.60. The van der Waals surface area contributed by atoms with Gasteiger partial charge in [0.15, 0.2) is 0 Å². The number of ether oxygens (including phenoxy) is 1. The van der Waals surface area contributed by atoms with Gasteiger partial charge in [-0.1, -0.05) is 0 Å². The highest BCUT2D eigenvalue weighted by atomic mass is 16.5. The molecular formula is C19H24N4O2. The number of aromatic nitrogens is 2. The molecule has 1 aromatic heterocycles. The second-order valence-corrected chi connectivity index (χ2v) is 7.54. The molecule has 0 amide bonds. The molecule has 3 heterocycles. The van der Waals surface area contributed by atoms with E-state index in [9.17, 15) is 4.79 Å². The second-order valence-electron chi connectivity index (χ2n) is 7.54. The van der Waals surface area contributed by atoms with E-state index in [4.69, 9.17) is 4.74 Å². The summed E-state index contributed by atoms with van der Waals surface area (Å²) in [6, 6.07) is 5.31. The number of hydrogen-bond acceptors (Lipinski definition) is 5. The Bertz CT molecular complexity index is 866. The van der Waals surface area contributed by atoms with Crippen LogP contribution in [0.25, 0.3) is 10.9 Å². The molecule has 2 fully saturated rings. The molecule has 2 aromatic rings. The van der Waals surface area contributed by atoms with E-state index in [1.165, 1.54) is 11.1 Å². The lowest BCUT2D eigenvalue weighted by Crippen LogP contribution is -2.56. The molecule has 0 spiro atoms. The van der Waals surface area contributed by atoms with Gasteiger partial charge in [0.1, 0.15) is 5.82 Å². The Labute approximate surface area is 146 Å². The normalized spacial score (nSPS) is 25.2. The number of fused-ring (bicyclic) bond motifs is 2. The molecule has 1 unspecified atom stereocenters. The first-order valence-corrected chi connectivity index (χ1v) is 9.28. The van der Waals surface area contributed by atoms with Crippen LogP contribution in [-0.2, 0) is 11.2 Å². The van der Waals surface area contributed by atoms with Crippen LogP contribution in [0.3, 0.4) is 0 Å². The summed E-state index contributed by atoms with van der Waals surface area (Å²) in [6.07, 6.45) is 2.23. The summed E-state index contributed by atoms with van der Waals surface area (Å²) in [5.74, 6) is 0.683. The molecule has 0 bridgehead atoms. The summed E-state index contributed by atoms with van der Waals surface area (Å²) >= 11 is 0. The quantitative estimate of drug-likeness (QED) is 0.891. The minimum Gasteiger partial charge on any atom is -0.378 e. The molecule has 6 heteroatoms. The van der Waals surface area contributed by atoms with Gasteiger partial charge in [0.25, 0.3) is 5.56 Å². The number of hydrogen-bond donors (Lipinski definition) is 1. The molecule has 3 aliphatic rings. The maximum atomic E-state index is 12.3. The molecule has 6 nitrogen and oxygen atoms in total. The Morgan fingerprint density at radius 3 is 2.64 bits per heavy atom. The Kier molecular flexibility index (Phi) is 3.66. The van der Waals surface area contributed by atoms with Crippen LogP contribution in [0.4, 0.5) is 0 Å². The molecule has 2 aliphatic heterocycles. The molecule has 1 N–H and O–H groups in total. The van der Waals surface area contributed by atoms with Gasteiger partial charge in [0.05, 0.1) is 30.2 Å². The van der Waals surface area contributed by atoms with E-state index in [2.05, 4.69) is 31.9 Å². The van der Waals surface area contributed by atoms with Crippen molar-refractivity contribution in [1.82, 2.24) is 19.8 Å². The number of nitrogens with one attached hydrogen (secondary N) is 1. The zero-order valence-electron chi connectivity index (χ0n) is 14.6. The highest BCUT2D eigenvalue weighted by Crippen LogP contribution is 2.37. The van der Waals surface area contributed by atoms with Crippen molar-refractivity contribution in [2.45, 2.75) is 31.8 Å². The van der Waals surface area contributed by atoms with Gasteiger partial charge in [-0.2, -0.15) is 0 Å². The van der Waals surface area contributed by atoms with Crippen LogP contribution >= 0.6 is 0 Å². The topological polar surface area (TPSA) is 61.5 Å². The molecule has 0 radical (unpaired) electrons. The Balaban J connectivity index is 1.41. The van der Waals surface area contributed by atoms with Crippen molar-refractivity contribution < 1.29 is 4.74 Å². The number of aryl methyl sites for hydroxylation is 2. The van der Waals surface area contributed by atoms with Gasteiger partial charge in [-0.3, -0.25) is 14.6 Å². The first kappa shape index (κ1) is 15.5. The summed E-state index contributed by atoms with van der Waals surface area (Å²) in [5.41, 5.74) is 3.51. The highest BCUT2D eigenvalue weighted by Gasteiger charge is 2.34. The summed E-state index contributed by atoms with van der Waals surface area (Å²) in [7, 11) is 0. The molecule has 1 aromatic carbocycles. The third-order valence-electron chi connectivity index (χ3n) is 6.06. The van der Waals surface area contributed by atoms with E-state index < -0.39 is 0 Å². The first-order chi connectivity index (χ1) is 12.2. The maximum absolute atomic E-state index is 12.3. The van der Waals surface area contributed by atoms with Gasteiger partial charge >= 0.3 is 0 Å². The van der Waals surface area contributed by atoms with E-state index in [0.717, 1.165) is 63.1 Å². The van der Waals surface area contributed by atoms with E-state index in [1.54, 1.807) is 0 Å². The zero-order valence-corrected chi connectivity index (χ0v) is 14.6. The number of H-pyrrole nitrogens is 1. The van der Waals surface area contributed by atoms with Gasteiger partial charge in [-0.05, 0) is 43.0 Å². The minimum absolute atomic E-state index is 0.0225. The van der Waals surface area contributed by atoms with E-state index >= 15 is 0 Å². The van der Waals surface area contributed by atoms with Gasteiger partial charge in [-0.15, -0.1) is 0 Å². The fraction of sp³-hybridized carbons (Fsp3) is 0.579. The van der Waals surface area contributed by atoms with Crippen molar-refractivity contribution in [1.29, 1.82) is 0 Å². The van der Waals surface area contributed by atoms with E-state index in [0.29, 0.717) is 17.9 Å². The standard InChI is InChI=1S/C19H24N4O2/c1-12-20-17-8-13-2-3-18(15(13)9-16(17)19(24)21-12)23-6-4-22(5-7-23)14-10-25-11-14/h8-9,14,18H,2-7,10-11H2,1H3,(H,20,21,24). The molecule has 5 rings (SSSR count). The van der Waals surface area contributed by atoms with Crippen molar-refractivity contribution in [2.24, 2.45) is 0 Å². The number of aromatic amines is 1. The van der Waals surface area contributed by atoms with Crippen molar-refractivity contribution in [3.63, 3.8) is 0 Å². The molecule has 2 saturated heterocycles. The molecular weight excluding hydrogens is 316 g/mol. The van der Waals surface area contributed by atoms with Gasteiger partial charge in [0, 0.05) is 32.2 Å². The van der Waals surface area contributed by atoms with Crippen molar-refractivity contribution in [3.8, 4) is 0 Å². The molecule has 132 valence electrons. The van der Waals surface area contributed by atoms with Gasteiger partial charge in [0.2, 0.25) is 0 Å².